The highest BCUT2D eigenvalue weighted by Gasteiger charge is 2.10. The van der Waals surface area contributed by atoms with Gasteiger partial charge >= 0.3 is 0 Å². The van der Waals surface area contributed by atoms with Crippen molar-refractivity contribution in [1.29, 1.82) is 0 Å². The third kappa shape index (κ3) is 3.58. The minimum Gasteiger partial charge on any atom is -0.436 e. The van der Waals surface area contributed by atoms with Crippen LogP contribution in [0.4, 0.5) is 10.1 Å². The fourth-order valence-corrected chi connectivity index (χ4v) is 2.82. The molecule has 4 aromatic rings. The van der Waals surface area contributed by atoms with Crippen molar-refractivity contribution in [3.05, 3.63) is 83.7 Å². The number of amides is 1. The van der Waals surface area contributed by atoms with Crippen molar-refractivity contribution < 1.29 is 13.6 Å². The summed E-state index contributed by atoms with van der Waals surface area (Å²) in [6.07, 6.45) is 0.945. The first kappa shape index (κ1) is 17.0. The van der Waals surface area contributed by atoms with Gasteiger partial charge in [0, 0.05) is 16.8 Å². The van der Waals surface area contributed by atoms with Crippen LogP contribution in [0.15, 0.2) is 71.1 Å². The van der Waals surface area contributed by atoms with Crippen LogP contribution in [0.2, 0.25) is 0 Å². The zero-order chi connectivity index (χ0) is 18.8. The van der Waals surface area contributed by atoms with Gasteiger partial charge in [0.05, 0.1) is 0 Å². The van der Waals surface area contributed by atoms with E-state index in [2.05, 4.69) is 17.2 Å². The van der Waals surface area contributed by atoms with E-state index in [1.807, 2.05) is 30.3 Å². The molecule has 4 nitrogen and oxygen atoms in total. The molecular formula is C22H17FN2O2. The first-order valence-corrected chi connectivity index (χ1v) is 8.69. The van der Waals surface area contributed by atoms with Gasteiger partial charge in [-0.2, -0.15) is 0 Å². The molecule has 0 bridgehead atoms. The van der Waals surface area contributed by atoms with Gasteiger partial charge < -0.3 is 9.73 Å². The molecule has 134 valence electrons. The average Bonchev–Trinajstić information content (AvgIpc) is 3.12. The van der Waals surface area contributed by atoms with Crippen LogP contribution in [0.5, 0.6) is 0 Å². The zero-order valence-corrected chi connectivity index (χ0v) is 14.7. The monoisotopic (exact) mass is 360 g/mol. The Bertz CT molecular complexity index is 1100. The molecule has 0 radical (unpaired) electrons. The number of anilines is 1. The van der Waals surface area contributed by atoms with Crippen molar-refractivity contribution in [2.45, 2.75) is 13.3 Å². The van der Waals surface area contributed by atoms with E-state index in [9.17, 15) is 9.18 Å². The lowest BCUT2D eigenvalue weighted by atomic mass is 10.1. The number of aromatic nitrogens is 1. The molecular weight excluding hydrogens is 343 g/mol. The number of aryl methyl sites for hydroxylation is 1. The molecule has 0 unspecified atom stereocenters. The predicted octanol–water partition coefficient (Wildman–Crippen LogP) is 5.45. The van der Waals surface area contributed by atoms with Crippen molar-refractivity contribution in [2.75, 3.05) is 5.32 Å². The fourth-order valence-electron chi connectivity index (χ4n) is 2.82. The molecule has 0 fully saturated rings. The summed E-state index contributed by atoms with van der Waals surface area (Å²) in [7, 11) is 0. The van der Waals surface area contributed by atoms with Crippen LogP contribution in [0.1, 0.15) is 22.8 Å². The fraction of sp³-hybridized carbons (Fsp3) is 0.0909. The lowest BCUT2D eigenvalue weighted by Gasteiger charge is -2.05. The van der Waals surface area contributed by atoms with Crippen molar-refractivity contribution >= 4 is 22.7 Å². The molecule has 0 spiro atoms. The smallest absolute Gasteiger partial charge is 0.255 e. The summed E-state index contributed by atoms with van der Waals surface area (Å²) in [6, 6.07) is 18.6. The van der Waals surface area contributed by atoms with Crippen LogP contribution < -0.4 is 5.32 Å². The Morgan fingerprint density at radius 3 is 2.48 bits per heavy atom. The molecule has 1 heterocycles. The highest BCUT2D eigenvalue weighted by atomic mass is 19.1. The van der Waals surface area contributed by atoms with Crippen LogP contribution in [0.3, 0.4) is 0 Å². The number of halogens is 1. The molecule has 0 saturated heterocycles. The minimum atomic E-state index is -0.375. The quantitative estimate of drug-likeness (QED) is 0.526. The minimum absolute atomic E-state index is 0.295. The number of hydrogen-bond acceptors (Lipinski definition) is 3. The molecule has 1 amide bonds. The zero-order valence-electron chi connectivity index (χ0n) is 14.7. The molecule has 1 N–H and O–H groups in total. The predicted molar refractivity (Wildman–Crippen MR) is 103 cm³/mol. The molecule has 0 aliphatic rings. The van der Waals surface area contributed by atoms with E-state index in [4.69, 9.17) is 4.42 Å². The number of benzene rings is 3. The van der Waals surface area contributed by atoms with Gasteiger partial charge in [-0.05, 0) is 72.6 Å². The number of carbonyl (C=O) groups is 1. The standard InChI is InChI=1S/C22H17FN2O2/c1-2-14-3-12-20-19(13-14)25-22(27-20)16-6-10-18(11-7-16)24-21(26)15-4-8-17(23)9-5-15/h3-13H,2H2,1H3,(H,24,26). The third-order valence-electron chi connectivity index (χ3n) is 4.36. The van der Waals surface area contributed by atoms with Crippen molar-refractivity contribution in [1.82, 2.24) is 4.98 Å². The number of hydrogen-bond donors (Lipinski definition) is 1. The Kier molecular flexibility index (Phi) is 4.42. The summed E-state index contributed by atoms with van der Waals surface area (Å²) in [5.74, 6) is -0.133. The molecule has 5 heteroatoms. The van der Waals surface area contributed by atoms with Gasteiger partial charge in [0.15, 0.2) is 5.58 Å². The van der Waals surface area contributed by atoms with Gasteiger partial charge in [0.1, 0.15) is 11.3 Å². The van der Waals surface area contributed by atoms with Crippen LogP contribution in [-0.4, -0.2) is 10.9 Å². The van der Waals surface area contributed by atoms with E-state index >= 15 is 0 Å². The second-order valence-electron chi connectivity index (χ2n) is 6.21. The lowest BCUT2D eigenvalue weighted by molar-refractivity contribution is 0.102. The van der Waals surface area contributed by atoms with Crippen molar-refractivity contribution in [3.63, 3.8) is 0 Å². The van der Waals surface area contributed by atoms with Crippen LogP contribution in [-0.2, 0) is 6.42 Å². The largest absolute Gasteiger partial charge is 0.436 e. The first-order chi connectivity index (χ1) is 13.1. The van der Waals surface area contributed by atoms with E-state index in [1.165, 1.54) is 29.8 Å². The maximum absolute atomic E-state index is 13.0. The van der Waals surface area contributed by atoms with E-state index in [0.29, 0.717) is 17.1 Å². The number of oxazole rings is 1. The van der Waals surface area contributed by atoms with Crippen molar-refractivity contribution in [2.24, 2.45) is 0 Å². The normalized spacial score (nSPS) is 10.9. The Morgan fingerprint density at radius 2 is 1.78 bits per heavy atom. The van der Waals surface area contributed by atoms with Gasteiger partial charge in [0.25, 0.3) is 5.91 Å². The van der Waals surface area contributed by atoms with E-state index < -0.39 is 0 Å². The Hall–Kier alpha value is -3.47. The van der Waals surface area contributed by atoms with Gasteiger partial charge in [0.2, 0.25) is 5.89 Å². The summed E-state index contributed by atoms with van der Waals surface area (Å²) in [6.45, 7) is 2.10. The third-order valence-corrected chi connectivity index (χ3v) is 4.36. The van der Waals surface area contributed by atoms with Crippen LogP contribution in [0.25, 0.3) is 22.6 Å². The maximum atomic E-state index is 13.0. The number of carbonyl (C=O) groups excluding carboxylic acids is 1. The van der Waals surface area contributed by atoms with E-state index in [-0.39, 0.29) is 11.7 Å². The molecule has 4 rings (SSSR count). The first-order valence-electron chi connectivity index (χ1n) is 8.69. The number of rotatable bonds is 4. The molecule has 0 aliphatic carbocycles. The van der Waals surface area contributed by atoms with Gasteiger partial charge in [-0.15, -0.1) is 0 Å². The van der Waals surface area contributed by atoms with Gasteiger partial charge in [-0.1, -0.05) is 13.0 Å². The van der Waals surface area contributed by atoms with E-state index in [0.717, 1.165) is 23.1 Å². The summed E-state index contributed by atoms with van der Waals surface area (Å²) in [4.78, 5) is 16.7. The van der Waals surface area contributed by atoms with E-state index in [1.54, 1.807) is 12.1 Å². The second-order valence-corrected chi connectivity index (χ2v) is 6.21. The average molecular weight is 360 g/mol. The van der Waals surface area contributed by atoms with Gasteiger partial charge in [-0.3, -0.25) is 4.79 Å². The number of nitrogens with one attached hydrogen (secondary N) is 1. The Morgan fingerprint density at radius 1 is 1.04 bits per heavy atom. The SMILES string of the molecule is CCc1ccc2oc(-c3ccc(NC(=O)c4ccc(F)cc4)cc3)nc2c1. The molecule has 0 aliphatic heterocycles. The summed E-state index contributed by atoms with van der Waals surface area (Å²) >= 11 is 0. The highest BCUT2D eigenvalue weighted by Crippen LogP contribution is 2.26. The molecule has 1 aromatic heterocycles. The molecule has 0 saturated carbocycles. The van der Waals surface area contributed by atoms with Crippen LogP contribution in [0, 0.1) is 5.82 Å². The van der Waals surface area contributed by atoms with Crippen molar-refractivity contribution in [3.8, 4) is 11.5 Å². The molecule has 27 heavy (non-hydrogen) atoms. The van der Waals surface area contributed by atoms with Gasteiger partial charge in [-0.25, -0.2) is 9.37 Å². The number of fused-ring (bicyclic) bond motifs is 1. The highest BCUT2D eigenvalue weighted by molar-refractivity contribution is 6.04. The Labute approximate surface area is 155 Å². The molecule has 0 atom stereocenters. The number of nitrogens with zero attached hydrogens (tertiary/aromatic N) is 1. The molecule has 3 aromatic carbocycles. The summed E-state index contributed by atoms with van der Waals surface area (Å²) in [5, 5.41) is 2.79. The van der Waals surface area contributed by atoms with Crippen LogP contribution >= 0.6 is 0 Å². The topological polar surface area (TPSA) is 55.1 Å². The second kappa shape index (κ2) is 7.03. The summed E-state index contributed by atoms with van der Waals surface area (Å²) in [5.41, 5.74) is 4.64. The maximum Gasteiger partial charge on any atom is 0.255 e. The summed E-state index contributed by atoms with van der Waals surface area (Å²) < 4.78 is 18.8. The lowest BCUT2D eigenvalue weighted by Crippen LogP contribution is -2.11. The Balaban J connectivity index is 1.53.